The fraction of sp³-hybridized carbons (Fsp3) is 0.474. The predicted molar refractivity (Wildman–Crippen MR) is 180 cm³/mol. The number of aromatic hydroxyl groups is 1. The summed E-state index contributed by atoms with van der Waals surface area (Å²) in [5.74, 6) is 2.12. The second-order valence-electron chi connectivity index (χ2n) is 15.1. The van der Waals surface area contributed by atoms with E-state index in [1.54, 1.807) is 6.07 Å². The highest BCUT2D eigenvalue weighted by atomic mass is 19.1. The Labute approximate surface area is 282 Å². The summed E-state index contributed by atoms with van der Waals surface area (Å²) in [5.41, 5.74) is 0.459. The van der Waals surface area contributed by atoms with E-state index in [1.165, 1.54) is 24.3 Å². The lowest BCUT2D eigenvalue weighted by Crippen LogP contribution is -2.60. The van der Waals surface area contributed by atoms with E-state index in [0.717, 1.165) is 64.8 Å². The molecule has 11 heteroatoms. The van der Waals surface area contributed by atoms with Crippen LogP contribution in [0.25, 0.3) is 32.8 Å². The Bertz CT molecular complexity index is 2090. The van der Waals surface area contributed by atoms with E-state index in [-0.39, 0.29) is 57.1 Å². The van der Waals surface area contributed by atoms with E-state index in [9.17, 15) is 5.11 Å². The summed E-state index contributed by atoms with van der Waals surface area (Å²) in [6.45, 7) is 5.08. The number of phenolic OH excluding ortho intramolecular Hbond substituents is 1. The SMILES string of the molecule is C#Cc1c(F)ccc2cc(O)cc(-c3cc4c5c(nc(OCC6(CN7CCOC8(CC8)C7)CC6)nc5c3F)N3C[C@H]5CC[C@H](N5)[C@H]3CO4)c12. The standard InChI is InChI=1S/C38H37F2N5O4/c1-2-24-27(39)5-3-21-13-23(46)14-25(31(21)24)26-15-30-32-34(33(26)40)42-36(43-35(32)45-16-22-4-6-28(41-22)29(45)17-47-30)48-20-37(7-8-37)18-44-11-12-49-38(19-44)9-10-38/h1,3,5,13-15,22,28-29,41,46H,4,6-12,16-20H2/t22-,28+,29-/m1/s1. The number of rotatable bonds is 6. The largest absolute Gasteiger partial charge is 0.508 e. The highest BCUT2D eigenvalue weighted by molar-refractivity contribution is 6.06. The zero-order chi connectivity index (χ0) is 33.1. The molecule has 5 fully saturated rings. The molecule has 10 rings (SSSR count). The number of hydrogen-bond donors (Lipinski definition) is 2. The fourth-order valence-electron chi connectivity index (χ4n) is 8.80. The van der Waals surface area contributed by atoms with Crippen LogP contribution in [-0.4, -0.2) is 89.7 Å². The fourth-order valence-corrected chi connectivity index (χ4v) is 8.80. The number of nitrogens with one attached hydrogen (secondary N) is 1. The number of morpholine rings is 1. The van der Waals surface area contributed by atoms with Crippen molar-refractivity contribution in [2.24, 2.45) is 5.41 Å². The number of halogens is 2. The van der Waals surface area contributed by atoms with Crippen LogP contribution in [-0.2, 0) is 4.74 Å². The minimum atomic E-state index is -0.643. The van der Waals surface area contributed by atoms with E-state index in [1.807, 2.05) is 0 Å². The van der Waals surface area contributed by atoms with Gasteiger partial charge in [0.05, 0.1) is 35.8 Å². The lowest BCUT2D eigenvalue weighted by molar-refractivity contribution is -0.0532. The number of terminal acetylenes is 1. The van der Waals surface area contributed by atoms with Crippen molar-refractivity contribution in [1.29, 1.82) is 0 Å². The van der Waals surface area contributed by atoms with Gasteiger partial charge in [0.1, 0.15) is 35.3 Å². The van der Waals surface area contributed by atoms with E-state index in [0.29, 0.717) is 53.5 Å². The van der Waals surface area contributed by atoms with E-state index in [4.69, 9.17) is 30.6 Å². The Morgan fingerprint density at radius 2 is 1.96 bits per heavy atom. The van der Waals surface area contributed by atoms with Crippen LogP contribution in [0.2, 0.25) is 0 Å². The maximum absolute atomic E-state index is 17.2. The number of piperazine rings is 1. The number of phenols is 1. The average molecular weight is 666 g/mol. The molecule has 3 atom stereocenters. The number of anilines is 1. The smallest absolute Gasteiger partial charge is 0.319 e. The third kappa shape index (κ3) is 4.83. The van der Waals surface area contributed by atoms with Crippen LogP contribution in [0.5, 0.6) is 17.5 Å². The summed E-state index contributed by atoms with van der Waals surface area (Å²) in [5, 5.41) is 15.7. The van der Waals surface area contributed by atoms with E-state index >= 15 is 8.78 Å². The van der Waals surface area contributed by atoms with Crippen molar-refractivity contribution in [3.8, 4) is 41.0 Å². The molecule has 2 bridgehead atoms. The molecule has 9 nitrogen and oxygen atoms in total. The summed E-state index contributed by atoms with van der Waals surface area (Å²) >= 11 is 0. The maximum Gasteiger partial charge on any atom is 0.319 e. The molecule has 3 aromatic carbocycles. The minimum absolute atomic E-state index is 0.00138. The second kappa shape index (κ2) is 10.6. The Morgan fingerprint density at radius 1 is 1.08 bits per heavy atom. The molecule has 1 aromatic heterocycles. The summed E-state index contributed by atoms with van der Waals surface area (Å²) in [4.78, 5) is 14.5. The van der Waals surface area contributed by atoms with E-state index in [2.05, 4.69) is 21.0 Å². The third-order valence-electron chi connectivity index (χ3n) is 11.7. The molecule has 5 heterocycles. The highest BCUT2D eigenvalue weighted by Crippen LogP contribution is 2.50. The molecule has 2 aliphatic carbocycles. The molecule has 252 valence electrons. The van der Waals surface area contributed by atoms with Crippen molar-refractivity contribution < 1.29 is 28.1 Å². The molecule has 2 N–H and O–H groups in total. The van der Waals surface area contributed by atoms with Gasteiger partial charge in [-0.1, -0.05) is 12.0 Å². The van der Waals surface area contributed by atoms with Gasteiger partial charge in [-0.2, -0.15) is 9.97 Å². The lowest BCUT2D eigenvalue weighted by Gasteiger charge is -2.40. The third-order valence-corrected chi connectivity index (χ3v) is 11.7. The Balaban J connectivity index is 1.09. The van der Waals surface area contributed by atoms with Crippen molar-refractivity contribution in [1.82, 2.24) is 20.2 Å². The van der Waals surface area contributed by atoms with E-state index < -0.39 is 11.6 Å². The van der Waals surface area contributed by atoms with Gasteiger partial charge in [0, 0.05) is 54.6 Å². The molecular formula is C38H37F2N5O4. The summed E-state index contributed by atoms with van der Waals surface area (Å²) < 4.78 is 51.2. The van der Waals surface area contributed by atoms with Gasteiger partial charge in [-0.25, -0.2) is 8.78 Å². The normalized spacial score (nSPS) is 25.9. The topological polar surface area (TPSA) is 92.2 Å². The van der Waals surface area contributed by atoms with Crippen LogP contribution in [0.1, 0.15) is 44.1 Å². The number of benzene rings is 3. The molecule has 0 radical (unpaired) electrons. The van der Waals surface area contributed by atoms with Gasteiger partial charge in [-0.15, -0.1) is 6.42 Å². The van der Waals surface area contributed by atoms with Crippen molar-refractivity contribution in [2.45, 2.75) is 62.3 Å². The zero-order valence-corrected chi connectivity index (χ0v) is 27.1. The molecule has 4 aromatic rings. The summed E-state index contributed by atoms with van der Waals surface area (Å²) in [7, 11) is 0. The van der Waals surface area contributed by atoms with Crippen LogP contribution in [0.3, 0.4) is 0 Å². The van der Waals surface area contributed by atoms with Crippen molar-refractivity contribution in [3.63, 3.8) is 0 Å². The van der Waals surface area contributed by atoms with Crippen molar-refractivity contribution >= 4 is 27.5 Å². The van der Waals surface area contributed by atoms with Gasteiger partial charge in [-0.3, -0.25) is 4.90 Å². The van der Waals surface area contributed by atoms with Crippen molar-refractivity contribution in [3.05, 3.63) is 47.5 Å². The lowest BCUT2D eigenvalue weighted by atomic mass is 9.92. The number of fused-ring (bicyclic) bond motifs is 6. The van der Waals surface area contributed by atoms with Crippen LogP contribution >= 0.6 is 0 Å². The molecular weight excluding hydrogens is 628 g/mol. The first-order valence-electron chi connectivity index (χ1n) is 17.4. The van der Waals surface area contributed by atoms with Crippen LogP contribution in [0.4, 0.5) is 14.6 Å². The molecule has 0 amide bonds. The molecule has 0 unspecified atom stereocenters. The van der Waals surface area contributed by atoms with Crippen LogP contribution < -0.4 is 19.7 Å². The van der Waals surface area contributed by atoms with Crippen LogP contribution in [0.15, 0.2) is 30.3 Å². The Hall–Kier alpha value is -4.24. The van der Waals surface area contributed by atoms with Crippen LogP contribution in [0, 0.1) is 29.4 Å². The Morgan fingerprint density at radius 3 is 2.78 bits per heavy atom. The molecule has 2 saturated carbocycles. The molecule has 6 aliphatic rings. The zero-order valence-electron chi connectivity index (χ0n) is 27.1. The first-order chi connectivity index (χ1) is 23.8. The second-order valence-corrected chi connectivity index (χ2v) is 15.1. The highest BCUT2D eigenvalue weighted by Gasteiger charge is 2.51. The quantitative estimate of drug-likeness (QED) is 0.272. The van der Waals surface area contributed by atoms with Gasteiger partial charge in [-0.05, 0) is 73.7 Å². The predicted octanol–water partition coefficient (Wildman–Crippen LogP) is 5.14. The van der Waals surface area contributed by atoms with Gasteiger partial charge in [0.25, 0.3) is 0 Å². The Kier molecular flexibility index (Phi) is 6.43. The molecule has 49 heavy (non-hydrogen) atoms. The first-order valence-corrected chi connectivity index (χ1v) is 17.4. The minimum Gasteiger partial charge on any atom is -0.508 e. The van der Waals surface area contributed by atoms with Gasteiger partial charge >= 0.3 is 6.01 Å². The van der Waals surface area contributed by atoms with Crippen molar-refractivity contribution in [2.75, 3.05) is 50.9 Å². The molecule has 3 saturated heterocycles. The van der Waals surface area contributed by atoms with Gasteiger partial charge in [0.2, 0.25) is 0 Å². The monoisotopic (exact) mass is 665 g/mol. The van der Waals surface area contributed by atoms with Gasteiger partial charge in [0.15, 0.2) is 5.82 Å². The number of hydrogen-bond acceptors (Lipinski definition) is 9. The van der Waals surface area contributed by atoms with Gasteiger partial charge < -0.3 is 29.5 Å². The number of ether oxygens (including phenoxy) is 3. The number of aromatic nitrogens is 2. The molecule has 1 spiro atoms. The summed E-state index contributed by atoms with van der Waals surface area (Å²) in [6, 6.07) is 7.92. The maximum atomic E-state index is 17.2. The number of nitrogens with zero attached hydrogens (tertiary/aromatic N) is 4. The summed E-state index contributed by atoms with van der Waals surface area (Å²) in [6.07, 6.45) is 12.2. The first kappa shape index (κ1) is 29.7. The average Bonchev–Trinajstić information content (AvgIpc) is 4.01. The molecule has 4 aliphatic heterocycles.